The first-order chi connectivity index (χ1) is 9.58. The summed E-state index contributed by atoms with van der Waals surface area (Å²) in [5.41, 5.74) is 5.84. The van der Waals surface area contributed by atoms with Crippen molar-refractivity contribution < 1.29 is 14.3 Å². The van der Waals surface area contributed by atoms with Gasteiger partial charge in [0.2, 0.25) is 11.8 Å². The van der Waals surface area contributed by atoms with Crippen molar-refractivity contribution in [2.24, 2.45) is 5.73 Å². The van der Waals surface area contributed by atoms with Gasteiger partial charge in [0, 0.05) is 26.2 Å². The number of rotatable bonds is 7. The predicted octanol–water partition coefficient (Wildman–Crippen LogP) is 0.258. The van der Waals surface area contributed by atoms with E-state index in [-0.39, 0.29) is 24.5 Å². The molecule has 1 aliphatic rings. The smallest absolute Gasteiger partial charge is 0.248 e. The summed E-state index contributed by atoms with van der Waals surface area (Å²) in [6, 6.07) is -0.287. The van der Waals surface area contributed by atoms with Crippen LogP contribution < -0.4 is 11.1 Å². The second-order valence-corrected chi connectivity index (χ2v) is 5.35. The molecule has 20 heavy (non-hydrogen) atoms. The Morgan fingerprint density at radius 3 is 2.60 bits per heavy atom. The molecular formula is C14H27N3O3. The number of methoxy groups -OCH3 is 1. The van der Waals surface area contributed by atoms with Crippen LogP contribution in [0.3, 0.4) is 0 Å². The summed E-state index contributed by atoms with van der Waals surface area (Å²) in [6.07, 6.45) is 4.30. The van der Waals surface area contributed by atoms with E-state index in [0.717, 1.165) is 32.1 Å². The number of unbranched alkanes of at least 4 members (excludes halogenated alkanes) is 1. The number of nitrogens with zero attached hydrogens (tertiary/aromatic N) is 1. The standard InChI is InChI=1S/C14H27N3O3/c1-3-4-5-12(15)14(19)16-11-6-8-17(9-7-11)13(18)10-20-2/h11-12H,3-10,15H2,1-2H3,(H,16,19)/t12-/m0/s1. The SMILES string of the molecule is CCCC[C@H](N)C(=O)NC1CCN(C(=O)COC)CC1. The zero-order valence-electron chi connectivity index (χ0n) is 12.6. The van der Waals surface area contributed by atoms with Crippen LogP contribution in [-0.4, -0.2) is 55.6 Å². The van der Waals surface area contributed by atoms with Gasteiger partial charge in [0.25, 0.3) is 0 Å². The van der Waals surface area contributed by atoms with Crippen LogP contribution in [0.2, 0.25) is 0 Å². The number of amides is 2. The maximum absolute atomic E-state index is 11.9. The zero-order chi connectivity index (χ0) is 15.0. The summed E-state index contributed by atoms with van der Waals surface area (Å²) in [7, 11) is 1.52. The zero-order valence-corrected chi connectivity index (χ0v) is 12.6. The third kappa shape index (κ3) is 5.46. The van der Waals surface area contributed by atoms with Gasteiger partial charge in [-0.25, -0.2) is 0 Å². The molecule has 3 N–H and O–H groups in total. The lowest BCUT2D eigenvalue weighted by molar-refractivity contribution is -0.136. The minimum atomic E-state index is -0.414. The van der Waals surface area contributed by atoms with Gasteiger partial charge in [-0.05, 0) is 19.3 Å². The average Bonchev–Trinajstić information content (AvgIpc) is 2.45. The Morgan fingerprint density at radius 2 is 2.05 bits per heavy atom. The minimum Gasteiger partial charge on any atom is -0.375 e. The Kier molecular flexibility index (Phi) is 7.54. The Labute approximate surface area is 121 Å². The maximum atomic E-state index is 11.9. The minimum absolute atomic E-state index is 0.0110. The molecule has 116 valence electrons. The third-order valence-electron chi connectivity index (χ3n) is 3.67. The molecule has 1 atom stereocenters. The van der Waals surface area contributed by atoms with E-state index < -0.39 is 6.04 Å². The van der Waals surface area contributed by atoms with Crippen LogP contribution in [0.15, 0.2) is 0 Å². The van der Waals surface area contributed by atoms with E-state index >= 15 is 0 Å². The summed E-state index contributed by atoms with van der Waals surface area (Å²) in [5, 5.41) is 2.99. The molecule has 0 aromatic heterocycles. The van der Waals surface area contributed by atoms with Crippen molar-refractivity contribution in [1.29, 1.82) is 0 Å². The fourth-order valence-electron chi connectivity index (χ4n) is 2.35. The van der Waals surface area contributed by atoms with Gasteiger partial charge in [-0.15, -0.1) is 0 Å². The van der Waals surface area contributed by atoms with Crippen LogP contribution in [0.5, 0.6) is 0 Å². The number of piperidine rings is 1. The molecule has 0 spiro atoms. The molecule has 1 heterocycles. The number of carbonyl (C=O) groups excluding carboxylic acids is 2. The van der Waals surface area contributed by atoms with Crippen molar-refractivity contribution >= 4 is 11.8 Å². The topological polar surface area (TPSA) is 84.7 Å². The van der Waals surface area contributed by atoms with E-state index in [0.29, 0.717) is 13.1 Å². The first-order valence-corrected chi connectivity index (χ1v) is 7.41. The molecule has 2 amide bonds. The lowest BCUT2D eigenvalue weighted by atomic mass is 10.0. The quantitative estimate of drug-likeness (QED) is 0.702. The predicted molar refractivity (Wildman–Crippen MR) is 77.1 cm³/mol. The van der Waals surface area contributed by atoms with Gasteiger partial charge in [-0.2, -0.15) is 0 Å². The van der Waals surface area contributed by atoms with Crippen molar-refractivity contribution in [3.63, 3.8) is 0 Å². The number of likely N-dealkylation sites (tertiary alicyclic amines) is 1. The molecule has 1 saturated heterocycles. The van der Waals surface area contributed by atoms with Crippen LogP contribution in [-0.2, 0) is 14.3 Å². The number of ether oxygens (including phenoxy) is 1. The Bertz CT molecular complexity index is 315. The average molecular weight is 285 g/mol. The van der Waals surface area contributed by atoms with Gasteiger partial charge < -0.3 is 20.7 Å². The molecule has 0 bridgehead atoms. The van der Waals surface area contributed by atoms with Crippen LogP contribution in [0.4, 0.5) is 0 Å². The highest BCUT2D eigenvalue weighted by Gasteiger charge is 2.24. The third-order valence-corrected chi connectivity index (χ3v) is 3.67. The molecule has 1 rings (SSSR count). The summed E-state index contributed by atoms with van der Waals surface area (Å²) >= 11 is 0. The number of hydrogen-bond acceptors (Lipinski definition) is 4. The van der Waals surface area contributed by atoms with Crippen molar-refractivity contribution in [2.75, 3.05) is 26.8 Å². The van der Waals surface area contributed by atoms with Gasteiger partial charge in [0.1, 0.15) is 6.61 Å². The van der Waals surface area contributed by atoms with Crippen LogP contribution in [0.1, 0.15) is 39.0 Å². The van der Waals surface area contributed by atoms with Gasteiger partial charge in [-0.3, -0.25) is 9.59 Å². The molecule has 0 aromatic carbocycles. The van der Waals surface area contributed by atoms with Gasteiger partial charge >= 0.3 is 0 Å². The highest BCUT2D eigenvalue weighted by Crippen LogP contribution is 2.11. The first-order valence-electron chi connectivity index (χ1n) is 7.41. The van der Waals surface area contributed by atoms with Gasteiger partial charge in [0.15, 0.2) is 0 Å². The molecule has 0 aliphatic carbocycles. The Hall–Kier alpha value is -1.14. The highest BCUT2D eigenvalue weighted by molar-refractivity contribution is 5.81. The molecule has 0 unspecified atom stereocenters. The molecule has 0 aromatic rings. The highest BCUT2D eigenvalue weighted by atomic mass is 16.5. The fraction of sp³-hybridized carbons (Fsp3) is 0.857. The maximum Gasteiger partial charge on any atom is 0.248 e. The Morgan fingerprint density at radius 1 is 1.40 bits per heavy atom. The summed E-state index contributed by atoms with van der Waals surface area (Å²) in [6.45, 7) is 3.53. The Balaban J connectivity index is 2.28. The summed E-state index contributed by atoms with van der Waals surface area (Å²) in [5.74, 6) is -0.0583. The number of carbonyl (C=O) groups is 2. The second kappa shape index (κ2) is 8.92. The molecule has 0 radical (unpaired) electrons. The molecule has 6 heteroatoms. The fourth-order valence-corrected chi connectivity index (χ4v) is 2.35. The summed E-state index contributed by atoms with van der Waals surface area (Å²) in [4.78, 5) is 25.3. The molecule has 6 nitrogen and oxygen atoms in total. The van der Waals surface area contributed by atoms with Crippen molar-refractivity contribution in [3.05, 3.63) is 0 Å². The van der Waals surface area contributed by atoms with Crippen molar-refractivity contribution in [1.82, 2.24) is 10.2 Å². The normalized spacial score (nSPS) is 17.9. The van der Waals surface area contributed by atoms with E-state index in [1.807, 2.05) is 0 Å². The number of nitrogens with two attached hydrogens (primary N) is 1. The molecule has 1 fully saturated rings. The van der Waals surface area contributed by atoms with E-state index in [1.54, 1.807) is 4.90 Å². The van der Waals surface area contributed by atoms with Crippen LogP contribution in [0.25, 0.3) is 0 Å². The van der Waals surface area contributed by atoms with E-state index in [9.17, 15) is 9.59 Å². The monoisotopic (exact) mass is 285 g/mol. The molecular weight excluding hydrogens is 258 g/mol. The number of hydrogen-bond donors (Lipinski definition) is 2. The van der Waals surface area contributed by atoms with Gasteiger partial charge in [0.05, 0.1) is 6.04 Å². The van der Waals surface area contributed by atoms with Crippen LogP contribution in [0, 0.1) is 0 Å². The first kappa shape index (κ1) is 16.9. The summed E-state index contributed by atoms with van der Waals surface area (Å²) < 4.78 is 4.84. The molecule has 0 saturated carbocycles. The molecule has 1 aliphatic heterocycles. The van der Waals surface area contributed by atoms with E-state index in [1.165, 1.54) is 7.11 Å². The van der Waals surface area contributed by atoms with Crippen molar-refractivity contribution in [2.45, 2.75) is 51.1 Å². The largest absolute Gasteiger partial charge is 0.375 e. The van der Waals surface area contributed by atoms with Crippen LogP contribution >= 0.6 is 0 Å². The van der Waals surface area contributed by atoms with Gasteiger partial charge in [-0.1, -0.05) is 19.8 Å². The lowest BCUT2D eigenvalue weighted by Crippen LogP contribution is -2.50. The second-order valence-electron chi connectivity index (χ2n) is 5.35. The van der Waals surface area contributed by atoms with Crippen molar-refractivity contribution in [3.8, 4) is 0 Å². The lowest BCUT2D eigenvalue weighted by Gasteiger charge is -2.32. The van der Waals surface area contributed by atoms with E-state index in [4.69, 9.17) is 10.5 Å². The number of nitrogens with one attached hydrogen (secondary N) is 1. The van der Waals surface area contributed by atoms with E-state index in [2.05, 4.69) is 12.2 Å².